The van der Waals surface area contributed by atoms with Crippen molar-refractivity contribution < 1.29 is 14.1 Å². The molecule has 3 aromatic carbocycles. The van der Waals surface area contributed by atoms with Crippen LogP contribution in [0.3, 0.4) is 0 Å². The molecule has 1 amide bonds. The predicted molar refractivity (Wildman–Crippen MR) is 130 cm³/mol. The highest BCUT2D eigenvalue weighted by Gasteiger charge is 2.15. The first kappa shape index (κ1) is 21.4. The van der Waals surface area contributed by atoms with Crippen molar-refractivity contribution in [3.8, 4) is 0 Å². The minimum absolute atomic E-state index is 0.00814. The number of halogens is 1. The molecule has 0 fully saturated rings. The van der Waals surface area contributed by atoms with Crippen LogP contribution < -0.4 is 5.43 Å². The first-order valence-corrected chi connectivity index (χ1v) is 10.7. The maximum absolute atomic E-state index is 12.5. The summed E-state index contributed by atoms with van der Waals surface area (Å²) in [5, 5.41) is 17.2. The largest absolute Gasteiger partial charge is 0.451 e. The summed E-state index contributed by atoms with van der Waals surface area (Å²) < 4.78 is 7.57. The topological polar surface area (TPSA) is 103 Å². The predicted octanol–water partition coefficient (Wildman–Crippen LogP) is 5.76. The van der Waals surface area contributed by atoms with Gasteiger partial charge in [-0.1, -0.05) is 48.0 Å². The van der Waals surface area contributed by atoms with Gasteiger partial charge in [0, 0.05) is 51.7 Å². The number of amides is 1. The molecule has 168 valence electrons. The lowest BCUT2D eigenvalue weighted by molar-refractivity contribution is -0.384. The molecule has 0 saturated heterocycles. The quantitative estimate of drug-likeness (QED) is 0.193. The molecular weight excluding hydrogens is 456 g/mol. The number of non-ortho nitro benzene ring substituents is 1. The number of hydrazone groups is 1. The van der Waals surface area contributed by atoms with Gasteiger partial charge in [-0.3, -0.25) is 14.9 Å². The average Bonchev–Trinajstić information content (AvgIpc) is 3.42. The number of carbonyl (C=O) groups is 1. The highest BCUT2D eigenvalue weighted by Crippen LogP contribution is 2.25. The molecule has 9 heteroatoms. The number of furan rings is 1. The zero-order valence-electron chi connectivity index (χ0n) is 17.6. The van der Waals surface area contributed by atoms with E-state index in [2.05, 4.69) is 15.1 Å². The van der Waals surface area contributed by atoms with Gasteiger partial charge >= 0.3 is 5.91 Å². The van der Waals surface area contributed by atoms with Gasteiger partial charge in [0.1, 0.15) is 5.58 Å². The van der Waals surface area contributed by atoms with E-state index in [4.69, 9.17) is 16.0 Å². The summed E-state index contributed by atoms with van der Waals surface area (Å²) in [6, 6.07) is 21.1. The minimum atomic E-state index is -0.560. The lowest BCUT2D eigenvalue weighted by atomic mass is 10.2. The third-order valence-electron chi connectivity index (χ3n) is 5.42. The Kier molecular flexibility index (Phi) is 5.57. The van der Waals surface area contributed by atoms with Crippen molar-refractivity contribution in [2.24, 2.45) is 5.10 Å². The monoisotopic (exact) mass is 472 g/mol. The first-order chi connectivity index (χ1) is 16.5. The molecule has 0 unspecified atom stereocenters. The number of fused-ring (bicyclic) bond motifs is 2. The minimum Gasteiger partial charge on any atom is -0.451 e. The van der Waals surface area contributed by atoms with Crippen LogP contribution in [0.1, 0.15) is 21.7 Å². The zero-order chi connectivity index (χ0) is 23.7. The van der Waals surface area contributed by atoms with E-state index in [9.17, 15) is 14.9 Å². The molecule has 0 aliphatic carbocycles. The molecule has 8 nitrogen and oxygen atoms in total. The number of nitrogens with one attached hydrogen (secondary N) is 1. The molecule has 0 bridgehead atoms. The third kappa shape index (κ3) is 4.14. The molecular formula is C25H17ClN4O4. The van der Waals surface area contributed by atoms with Crippen molar-refractivity contribution in [1.29, 1.82) is 0 Å². The lowest BCUT2D eigenvalue weighted by Gasteiger charge is -2.07. The maximum atomic E-state index is 12.5. The number of hydrogen-bond acceptors (Lipinski definition) is 5. The Balaban J connectivity index is 1.37. The van der Waals surface area contributed by atoms with E-state index in [1.807, 2.05) is 54.7 Å². The molecule has 0 aliphatic heterocycles. The van der Waals surface area contributed by atoms with Crippen molar-refractivity contribution >= 4 is 51.3 Å². The summed E-state index contributed by atoms with van der Waals surface area (Å²) in [5.74, 6) is -0.552. The van der Waals surface area contributed by atoms with Crippen LogP contribution in [0.4, 0.5) is 5.69 Å². The normalized spacial score (nSPS) is 11.4. The molecule has 5 rings (SSSR count). The Bertz CT molecular complexity index is 1580. The summed E-state index contributed by atoms with van der Waals surface area (Å²) in [5.41, 5.74) is 5.57. The van der Waals surface area contributed by atoms with E-state index in [0.717, 1.165) is 22.0 Å². The number of nitrogens with zero attached hydrogens (tertiary/aromatic N) is 3. The summed E-state index contributed by atoms with van der Waals surface area (Å²) in [4.78, 5) is 22.9. The van der Waals surface area contributed by atoms with Crippen molar-refractivity contribution in [2.75, 3.05) is 0 Å². The Labute approximate surface area is 198 Å². The summed E-state index contributed by atoms with van der Waals surface area (Å²) in [6.07, 6.45) is 3.51. The second-order valence-electron chi connectivity index (χ2n) is 7.61. The molecule has 0 spiro atoms. The van der Waals surface area contributed by atoms with Crippen LogP contribution in [-0.2, 0) is 6.54 Å². The van der Waals surface area contributed by atoms with Gasteiger partial charge in [0.05, 0.1) is 11.1 Å². The highest BCUT2D eigenvalue weighted by atomic mass is 35.5. The van der Waals surface area contributed by atoms with Crippen molar-refractivity contribution in [3.63, 3.8) is 0 Å². The fourth-order valence-electron chi connectivity index (χ4n) is 3.79. The molecule has 1 N–H and O–H groups in total. The average molecular weight is 473 g/mol. The number of para-hydroxylation sites is 1. The summed E-state index contributed by atoms with van der Waals surface area (Å²) >= 11 is 6.33. The van der Waals surface area contributed by atoms with E-state index in [1.54, 1.807) is 6.21 Å². The van der Waals surface area contributed by atoms with Crippen LogP contribution in [0.5, 0.6) is 0 Å². The van der Waals surface area contributed by atoms with Gasteiger partial charge in [-0.25, -0.2) is 5.43 Å². The SMILES string of the molecule is O=C(N/N=C\c1cn(Cc2ccccc2Cl)c2ccccc12)c1cc2cc([N+](=O)[O-])ccc2o1. The van der Waals surface area contributed by atoms with E-state index >= 15 is 0 Å². The number of rotatable bonds is 6. The molecule has 5 aromatic rings. The van der Waals surface area contributed by atoms with Crippen LogP contribution in [0.25, 0.3) is 21.9 Å². The Morgan fingerprint density at radius 2 is 1.91 bits per heavy atom. The van der Waals surface area contributed by atoms with Crippen LogP contribution in [0.15, 0.2) is 88.5 Å². The van der Waals surface area contributed by atoms with E-state index in [1.165, 1.54) is 24.3 Å². The smallest absolute Gasteiger partial charge is 0.307 e. The Hall–Kier alpha value is -4.43. The highest BCUT2D eigenvalue weighted by molar-refractivity contribution is 6.31. The second kappa shape index (κ2) is 8.84. The van der Waals surface area contributed by atoms with E-state index in [-0.39, 0.29) is 11.4 Å². The van der Waals surface area contributed by atoms with Crippen LogP contribution in [0.2, 0.25) is 5.02 Å². The number of nitro groups is 1. The molecule has 0 atom stereocenters. The molecule has 34 heavy (non-hydrogen) atoms. The molecule has 2 aromatic heterocycles. The standard InChI is InChI=1S/C25H17ClN4O4/c26-21-7-3-1-5-16(21)14-29-15-18(20-6-2-4-8-22(20)29)13-27-28-25(31)24-12-17-11-19(30(32)33)9-10-23(17)34-24/h1-13,15H,14H2,(H,28,31)/b27-13-. The third-order valence-corrected chi connectivity index (χ3v) is 5.79. The number of carbonyl (C=O) groups excluding carboxylic acids is 1. The van der Waals surface area contributed by atoms with Gasteiger partial charge in [0.2, 0.25) is 0 Å². The maximum Gasteiger partial charge on any atom is 0.307 e. The fourth-order valence-corrected chi connectivity index (χ4v) is 3.99. The van der Waals surface area contributed by atoms with Gasteiger partial charge in [0.15, 0.2) is 5.76 Å². The summed E-state index contributed by atoms with van der Waals surface area (Å²) in [7, 11) is 0. The summed E-state index contributed by atoms with van der Waals surface area (Å²) in [6.45, 7) is 0.589. The number of nitro benzene ring substituents is 1. The van der Waals surface area contributed by atoms with E-state index < -0.39 is 10.8 Å². The lowest BCUT2D eigenvalue weighted by Crippen LogP contribution is -2.16. The first-order valence-electron chi connectivity index (χ1n) is 10.3. The molecule has 2 heterocycles. The van der Waals surface area contributed by atoms with Gasteiger partial charge in [0.25, 0.3) is 5.69 Å². The Morgan fingerprint density at radius 1 is 1.12 bits per heavy atom. The van der Waals surface area contributed by atoms with Crippen LogP contribution in [-0.4, -0.2) is 21.6 Å². The van der Waals surface area contributed by atoms with Crippen LogP contribution in [0, 0.1) is 10.1 Å². The molecule has 0 saturated carbocycles. The molecule has 0 radical (unpaired) electrons. The zero-order valence-corrected chi connectivity index (χ0v) is 18.4. The number of benzene rings is 3. The second-order valence-corrected chi connectivity index (χ2v) is 8.02. The fraction of sp³-hybridized carbons (Fsp3) is 0.0400. The van der Waals surface area contributed by atoms with Gasteiger partial charge in [-0.05, 0) is 29.8 Å². The Morgan fingerprint density at radius 3 is 2.74 bits per heavy atom. The van der Waals surface area contributed by atoms with Crippen molar-refractivity contribution in [3.05, 3.63) is 111 Å². The van der Waals surface area contributed by atoms with Gasteiger partial charge in [-0.15, -0.1) is 0 Å². The number of hydrogen-bond donors (Lipinski definition) is 1. The van der Waals surface area contributed by atoms with Crippen LogP contribution >= 0.6 is 11.6 Å². The van der Waals surface area contributed by atoms with Gasteiger partial charge < -0.3 is 8.98 Å². The number of aromatic nitrogens is 1. The van der Waals surface area contributed by atoms with E-state index in [0.29, 0.717) is 22.5 Å². The van der Waals surface area contributed by atoms with Crippen molar-refractivity contribution in [2.45, 2.75) is 6.54 Å². The molecule has 0 aliphatic rings. The van der Waals surface area contributed by atoms with Crippen molar-refractivity contribution in [1.82, 2.24) is 9.99 Å². The van der Waals surface area contributed by atoms with Gasteiger partial charge in [-0.2, -0.15) is 5.10 Å².